The summed E-state index contributed by atoms with van der Waals surface area (Å²) in [6.45, 7) is 2.15. The summed E-state index contributed by atoms with van der Waals surface area (Å²) in [5.74, 6) is 0.222. The van der Waals surface area contributed by atoms with Crippen LogP contribution in [0.4, 0.5) is 0 Å². The lowest BCUT2D eigenvalue weighted by Crippen LogP contribution is -2.38. The summed E-state index contributed by atoms with van der Waals surface area (Å²) in [6.07, 6.45) is 3.43. The Labute approximate surface area is 81.0 Å². The van der Waals surface area contributed by atoms with Crippen LogP contribution in [-0.2, 0) is 13.7 Å². The Kier molecular flexibility index (Phi) is 3.91. The molecular weight excluding hydrogens is 192 g/mol. The lowest BCUT2D eigenvalue weighted by Gasteiger charge is -2.06. The van der Waals surface area contributed by atoms with Crippen molar-refractivity contribution >= 4 is 18.0 Å². The minimum Gasteiger partial charge on any atom is -0.465 e. The summed E-state index contributed by atoms with van der Waals surface area (Å²) < 4.78 is 9.86. The van der Waals surface area contributed by atoms with Gasteiger partial charge in [-0.05, 0) is 6.92 Å². The molecule has 1 aliphatic heterocycles. The molecule has 0 radical (unpaired) electrons. The van der Waals surface area contributed by atoms with E-state index in [0.29, 0.717) is 12.5 Å². The van der Waals surface area contributed by atoms with Crippen LogP contribution in [-0.4, -0.2) is 24.9 Å². The van der Waals surface area contributed by atoms with Gasteiger partial charge < -0.3 is 8.92 Å². The van der Waals surface area contributed by atoms with Gasteiger partial charge in [-0.25, -0.2) is 10.2 Å². The number of rotatable bonds is 4. The lowest BCUT2D eigenvalue weighted by molar-refractivity contribution is -0.144. The summed E-state index contributed by atoms with van der Waals surface area (Å²) in [7, 11) is 0. The van der Waals surface area contributed by atoms with Gasteiger partial charge in [0.15, 0.2) is 0 Å². The normalized spacial score (nSPS) is 20.5. The number of carbonyl (C=O) groups is 1. The first-order chi connectivity index (χ1) is 6.27. The van der Waals surface area contributed by atoms with Crippen molar-refractivity contribution < 1.29 is 13.7 Å². The van der Waals surface area contributed by atoms with Crippen LogP contribution < -0.4 is 10.9 Å². The molecule has 6 heteroatoms. The maximum absolute atomic E-state index is 11.2. The number of hydrogen-bond acceptors (Lipinski definition) is 6. The fourth-order valence-corrected chi connectivity index (χ4v) is 1.16. The number of carbonyl (C=O) groups excluding carboxylic acids is 1. The Bertz CT molecular complexity index is 220. The van der Waals surface area contributed by atoms with Crippen molar-refractivity contribution in [3.8, 4) is 0 Å². The smallest absolute Gasteiger partial charge is 0.329 e. The zero-order valence-electron chi connectivity index (χ0n) is 7.49. The molecule has 1 heterocycles. The highest BCUT2D eigenvalue weighted by Gasteiger charge is 2.23. The molecule has 0 amide bonds. The molecule has 74 valence electrons. The van der Waals surface area contributed by atoms with E-state index in [-0.39, 0.29) is 5.97 Å². The minimum absolute atomic E-state index is 0.310. The van der Waals surface area contributed by atoms with Gasteiger partial charge in [0, 0.05) is 12.3 Å². The van der Waals surface area contributed by atoms with Gasteiger partial charge in [-0.1, -0.05) is 0 Å². The highest BCUT2D eigenvalue weighted by molar-refractivity contribution is 7.94. The van der Waals surface area contributed by atoms with Gasteiger partial charge in [0.1, 0.15) is 6.04 Å². The maximum atomic E-state index is 11.2. The molecule has 0 aliphatic carbocycles. The SMILES string of the molecule is CCOC(=O)C1C=C(OSC)NN1. The molecule has 5 nitrogen and oxygen atoms in total. The molecule has 0 spiro atoms. The highest BCUT2D eigenvalue weighted by atomic mass is 32.2. The Morgan fingerprint density at radius 2 is 2.54 bits per heavy atom. The van der Waals surface area contributed by atoms with E-state index >= 15 is 0 Å². The lowest BCUT2D eigenvalue weighted by atomic mass is 10.3. The first-order valence-corrected chi connectivity index (χ1v) is 5.03. The van der Waals surface area contributed by atoms with Crippen LogP contribution in [0.25, 0.3) is 0 Å². The van der Waals surface area contributed by atoms with Gasteiger partial charge in [0.2, 0.25) is 5.88 Å². The largest absolute Gasteiger partial charge is 0.465 e. The van der Waals surface area contributed by atoms with Crippen LogP contribution in [0.1, 0.15) is 6.92 Å². The monoisotopic (exact) mass is 204 g/mol. The second-order valence-electron chi connectivity index (χ2n) is 2.28. The topological polar surface area (TPSA) is 59.6 Å². The van der Waals surface area contributed by atoms with Gasteiger partial charge in [-0.3, -0.25) is 5.43 Å². The molecule has 1 atom stereocenters. The maximum Gasteiger partial charge on any atom is 0.329 e. The van der Waals surface area contributed by atoms with Crippen molar-refractivity contribution in [1.29, 1.82) is 0 Å². The Balaban J connectivity index is 2.42. The van der Waals surface area contributed by atoms with E-state index in [2.05, 4.69) is 10.9 Å². The van der Waals surface area contributed by atoms with E-state index in [4.69, 9.17) is 8.92 Å². The highest BCUT2D eigenvalue weighted by Crippen LogP contribution is 2.09. The van der Waals surface area contributed by atoms with Gasteiger partial charge in [0.05, 0.1) is 18.6 Å². The molecule has 1 aliphatic rings. The van der Waals surface area contributed by atoms with E-state index in [0.717, 1.165) is 0 Å². The first kappa shape index (κ1) is 10.2. The fraction of sp³-hybridized carbons (Fsp3) is 0.571. The summed E-state index contributed by atoms with van der Waals surface area (Å²) in [5.41, 5.74) is 5.43. The summed E-state index contributed by atoms with van der Waals surface area (Å²) in [6, 6.07) is -0.456. The van der Waals surface area contributed by atoms with E-state index < -0.39 is 6.04 Å². The molecule has 0 saturated heterocycles. The second kappa shape index (κ2) is 4.98. The van der Waals surface area contributed by atoms with Crippen molar-refractivity contribution in [2.45, 2.75) is 13.0 Å². The van der Waals surface area contributed by atoms with Crippen molar-refractivity contribution in [2.24, 2.45) is 0 Å². The molecule has 2 N–H and O–H groups in total. The molecule has 0 aromatic heterocycles. The third-order valence-corrected chi connectivity index (χ3v) is 1.73. The Morgan fingerprint density at radius 3 is 3.15 bits per heavy atom. The van der Waals surface area contributed by atoms with E-state index in [1.54, 1.807) is 19.3 Å². The number of nitrogens with one attached hydrogen (secondary N) is 2. The minimum atomic E-state index is -0.456. The van der Waals surface area contributed by atoms with Crippen LogP contribution >= 0.6 is 12.0 Å². The third kappa shape index (κ3) is 2.82. The van der Waals surface area contributed by atoms with Crippen molar-refractivity contribution in [2.75, 3.05) is 12.9 Å². The zero-order valence-corrected chi connectivity index (χ0v) is 8.31. The third-order valence-electron chi connectivity index (χ3n) is 1.38. The molecule has 0 bridgehead atoms. The van der Waals surface area contributed by atoms with Crippen LogP contribution in [0, 0.1) is 0 Å². The zero-order chi connectivity index (χ0) is 9.68. The van der Waals surface area contributed by atoms with Crippen molar-refractivity contribution in [1.82, 2.24) is 10.9 Å². The second-order valence-corrected chi connectivity index (χ2v) is 2.78. The van der Waals surface area contributed by atoms with Crippen LogP contribution in [0.2, 0.25) is 0 Å². The summed E-state index contributed by atoms with van der Waals surface area (Å²) in [5, 5.41) is 0. The number of hydrazine groups is 1. The predicted molar refractivity (Wildman–Crippen MR) is 49.4 cm³/mol. The number of ether oxygens (including phenoxy) is 1. The molecular formula is C7H12N2O3S. The van der Waals surface area contributed by atoms with Gasteiger partial charge in [-0.15, -0.1) is 0 Å². The van der Waals surface area contributed by atoms with Crippen LogP contribution in [0.3, 0.4) is 0 Å². The average molecular weight is 204 g/mol. The molecule has 1 rings (SSSR count). The van der Waals surface area contributed by atoms with E-state index in [9.17, 15) is 4.79 Å². The van der Waals surface area contributed by atoms with Crippen molar-refractivity contribution in [3.05, 3.63) is 12.0 Å². The Hall–Kier alpha value is -0.880. The number of hydrogen-bond donors (Lipinski definition) is 2. The molecule has 0 aromatic rings. The quantitative estimate of drug-likeness (QED) is 0.502. The Morgan fingerprint density at radius 1 is 1.77 bits per heavy atom. The predicted octanol–water partition coefficient (Wildman–Crippen LogP) is 0.162. The average Bonchev–Trinajstić information content (AvgIpc) is 2.54. The van der Waals surface area contributed by atoms with E-state index in [1.807, 2.05) is 0 Å². The van der Waals surface area contributed by atoms with Crippen LogP contribution in [0.15, 0.2) is 12.0 Å². The first-order valence-electron chi connectivity index (χ1n) is 3.88. The van der Waals surface area contributed by atoms with Crippen LogP contribution in [0.5, 0.6) is 0 Å². The summed E-state index contributed by atoms with van der Waals surface area (Å²) >= 11 is 1.20. The van der Waals surface area contributed by atoms with E-state index in [1.165, 1.54) is 12.0 Å². The molecule has 0 aromatic carbocycles. The molecule has 13 heavy (non-hydrogen) atoms. The fourth-order valence-electron chi connectivity index (χ4n) is 0.881. The molecule has 0 fully saturated rings. The van der Waals surface area contributed by atoms with Gasteiger partial charge >= 0.3 is 5.97 Å². The molecule has 1 unspecified atom stereocenters. The van der Waals surface area contributed by atoms with Gasteiger partial charge in [0.25, 0.3) is 0 Å². The standard InChI is InChI=1S/C7H12N2O3S/c1-3-11-7(10)5-4-6(9-8-5)12-13-2/h4-5,8-9H,3H2,1-2H3. The van der Waals surface area contributed by atoms with Crippen molar-refractivity contribution in [3.63, 3.8) is 0 Å². The summed E-state index contributed by atoms with van der Waals surface area (Å²) in [4.78, 5) is 11.2. The number of esters is 1. The molecule has 0 saturated carbocycles. The van der Waals surface area contributed by atoms with Gasteiger partial charge in [-0.2, -0.15) is 0 Å².